The Bertz CT molecular complexity index is 715. The van der Waals surface area contributed by atoms with Crippen LogP contribution in [0.4, 0.5) is 4.79 Å². The molecule has 1 aromatic heterocycles. The van der Waals surface area contributed by atoms with Gasteiger partial charge in [-0.3, -0.25) is 4.90 Å². The van der Waals surface area contributed by atoms with Crippen molar-refractivity contribution in [3.63, 3.8) is 0 Å². The maximum Gasteiger partial charge on any atom is 0.315 e. The van der Waals surface area contributed by atoms with Crippen molar-refractivity contribution in [2.45, 2.75) is 44.3 Å². The van der Waals surface area contributed by atoms with E-state index in [1.54, 1.807) is 0 Å². The van der Waals surface area contributed by atoms with Crippen molar-refractivity contribution in [3.05, 3.63) is 42.2 Å². The zero-order valence-electron chi connectivity index (χ0n) is 14.3. The van der Waals surface area contributed by atoms with Crippen molar-refractivity contribution in [1.82, 2.24) is 20.7 Å². The van der Waals surface area contributed by atoms with E-state index in [1.165, 1.54) is 25.8 Å². The molecule has 6 heteroatoms. The predicted molar refractivity (Wildman–Crippen MR) is 94.9 cm³/mol. The summed E-state index contributed by atoms with van der Waals surface area (Å²) < 4.78 is 5.32. The minimum Gasteiger partial charge on any atom is -0.359 e. The van der Waals surface area contributed by atoms with Gasteiger partial charge in [0.15, 0.2) is 5.76 Å². The molecular formula is C19H24N4O2. The van der Waals surface area contributed by atoms with Crippen LogP contribution in [0.25, 0.3) is 11.3 Å². The molecule has 4 rings (SSSR count). The monoisotopic (exact) mass is 340 g/mol. The maximum absolute atomic E-state index is 12.2. The van der Waals surface area contributed by atoms with E-state index in [4.69, 9.17) is 4.52 Å². The van der Waals surface area contributed by atoms with E-state index >= 15 is 0 Å². The number of nitrogens with one attached hydrogen (secondary N) is 2. The molecule has 1 aromatic carbocycles. The van der Waals surface area contributed by atoms with Gasteiger partial charge >= 0.3 is 6.03 Å². The first-order valence-corrected chi connectivity index (χ1v) is 9.09. The quantitative estimate of drug-likeness (QED) is 0.898. The highest BCUT2D eigenvalue weighted by molar-refractivity contribution is 5.74. The summed E-state index contributed by atoms with van der Waals surface area (Å²) in [6.07, 6.45) is 4.78. The summed E-state index contributed by atoms with van der Waals surface area (Å²) in [6.45, 7) is 2.61. The van der Waals surface area contributed by atoms with Crippen molar-refractivity contribution >= 4 is 6.03 Å². The van der Waals surface area contributed by atoms with Gasteiger partial charge in [-0.1, -0.05) is 41.9 Å². The third-order valence-corrected chi connectivity index (χ3v) is 5.22. The Hall–Kier alpha value is -2.34. The molecule has 2 aliphatic heterocycles. The first kappa shape index (κ1) is 16.1. The number of carbonyl (C=O) groups is 1. The Morgan fingerprint density at radius 2 is 2.08 bits per heavy atom. The topological polar surface area (TPSA) is 70.4 Å². The summed E-state index contributed by atoms with van der Waals surface area (Å²) in [4.78, 5) is 14.7. The molecule has 0 bridgehead atoms. The van der Waals surface area contributed by atoms with Gasteiger partial charge in [-0.2, -0.15) is 0 Å². The number of nitrogens with zero attached hydrogens (tertiary/aromatic N) is 2. The Morgan fingerprint density at radius 3 is 2.96 bits per heavy atom. The highest BCUT2D eigenvalue weighted by atomic mass is 16.5. The summed E-state index contributed by atoms with van der Waals surface area (Å²) >= 11 is 0. The van der Waals surface area contributed by atoms with Gasteiger partial charge in [-0.25, -0.2) is 4.79 Å². The summed E-state index contributed by atoms with van der Waals surface area (Å²) in [6, 6.07) is 12.4. The molecule has 0 aliphatic carbocycles. The molecule has 2 N–H and O–H groups in total. The fourth-order valence-electron chi connectivity index (χ4n) is 3.94. The number of urea groups is 1. The normalized spacial score (nSPS) is 23.2. The number of rotatable bonds is 4. The van der Waals surface area contributed by atoms with Crippen molar-refractivity contribution in [2.24, 2.45) is 0 Å². The van der Waals surface area contributed by atoms with Crippen LogP contribution in [0.15, 0.2) is 40.9 Å². The Labute approximate surface area is 147 Å². The molecule has 0 unspecified atom stereocenters. The zero-order chi connectivity index (χ0) is 17.1. The second-order valence-corrected chi connectivity index (χ2v) is 6.87. The standard InChI is InChI=1S/C19H24N4O2/c24-19(21-16-9-11-23-10-5-4-8-18(16)23)20-13-15-12-17(22-25-15)14-6-2-1-3-7-14/h1-3,6-7,12,16,18H,4-5,8-11,13H2,(H2,20,21,24)/t16-,18-/m1/s1. The molecule has 25 heavy (non-hydrogen) atoms. The van der Waals surface area contributed by atoms with Crippen molar-refractivity contribution < 1.29 is 9.32 Å². The molecule has 2 fully saturated rings. The minimum absolute atomic E-state index is 0.130. The Kier molecular flexibility index (Phi) is 4.70. The van der Waals surface area contributed by atoms with Crippen LogP contribution in [0, 0.1) is 0 Å². The van der Waals surface area contributed by atoms with Crippen molar-refractivity contribution in [3.8, 4) is 11.3 Å². The summed E-state index contributed by atoms with van der Waals surface area (Å²) in [5.74, 6) is 0.653. The lowest BCUT2D eigenvalue weighted by atomic mass is 9.99. The second-order valence-electron chi connectivity index (χ2n) is 6.87. The van der Waals surface area contributed by atoms with E-state index in [9.17, 15) is 4.79 Å². The molecule has 3 heterocycles. The maximum atomic E-state index is 12.2. The van der Waals surface area contributed by atoms with E-state index in [-0.39, 0.29) is 12.1 Å². The Balaban J connectivity index is 1.28. The van der Waals surface area contributed by atoms with Gasteiger partial charge in [0.1, 0.15) is 5.69 Å². The molecule has 2 aliphatic rings. The number of fused-ring (bicyclic) bond motifs is 1. The van der Waals surface area contributed by atoms with Crippen LogP contribution in [-0.4, -0.2) is 41.3 Å². The third kappa shape index (κ3) is 3.69. The number of hydrogen-bond donors (Lipinski definition) is 2. The molecule has 6 nitrogen and oxygen atoms in total. The lowest BCUT2D eigenvalue weighted by Crippen LogP contribution is -2.49. The summed E-state index contributed by atoms with van der Waals surface area (Å²) in [5, 5.41) is 10.1. The molecule has 2 saturated heterocycles. The number of aromatic nitrogens is 1. The van der Waals surface area contributed by atoms with Gasteiger partial charge in [0.05, 0.1) is 6.54 Å². The Morgan fingerprint density at radius 1 is 1.20 bits per heavy atom. The third-order valence-electron chi connectivity index (χ3n) is 5.22. The van der Waals surface area contributed by atoms with Crippen LogP contribution < -0.4 is 10.6 Å². The van der Waals surface area contributed by atoms with E-state index in [1.807, 2.05) is 36.4 Å². The smallest absolute Gasteiger partial charge is 0.315 e. The average molecular weight is 340 g/mol. The highest BCUT2D eigenvalue weighted by Gasteiger charge is 2.36. The largest absolute Gasteiger partial charge is 0.359 e. The van der Waals surface area contributed by atoms with Gasteiger partial charge < -0.3 is 15.2 Å². The predicted octanol–water partition coefficient (Wildman–Crippen LogP) is 2.77. The molecule has 2 atom stereocenters. The van der Waals surface area contributed by atoms with Crippen LogP contribution in [0.2, 0.25) is 0 Å². The van der Waals surface area contributed by atoms with Gasteiger partial charge in [0, 0.05) is 30.3 Å². The summed E-state index contributed by atoms with van der Waals surface area (Å²) in [5.41, 5.74) is 1.79. The number of amides is 2. The highest BCUT2D eigenvalue weighted by Crippen LogP contribution is 2.27. The average Bonchev–Trinajstić information content (AvgIpc) is 3.28. The van der Waals surface area contributed by atoms with Crippen LogP contribution >= 0.6 is 0 Å². The lowest BCUT2D eigenvalue weighted by molar-refractivity contribution is 0.178. The minimum atomic E-state index is -0.130. The van der Waals surface area contributed by atoms with Gasteiger partial charge in [0.2, 0.25) is 0 Å². The van der Waals surface area contributed by atoms with E-state index in [2.05, 4.69) is 20.7 Å². The number of benzene rings is 1. The molecule has 0 radical (unpaired) electrons. The van der Waals surface area contributed by atoms with Crippen molar-refractivity contribution in [1.29, 1.82) is 0 Å². The van der Waals surface area contributed by atoms with E-state index in [0.29, 0.717) is 18.3 Å². The van der Waals surface area contributed by atoms with Crippen LogP contribution in [0.1, 0.15) is 31.4 Å². The van der Waals surface area contributed by atoms with Crippen LogP contribution in [0.5, 0.6) is 0 Å². The molecule has 0 spiro atoms. The fourth-order valence-corrected chi connectivity index (χ4v) is 3.94. The zero-order valence-corrected chi connectivity index (χ0v) is 14.3. The van der Waals surface area contributed by atoms with Crippen LogP contribution in [-0.2, 0) is 6.54 Å². The molecule has 0 saturated carbocycles. The van der Waals surface area contributed by atoms with Gasteiger partial charge in [-0.15, -0.1) is 0 Å². The lowest BCUT2D eigenvalue weighted by Gasteiger charge is -2.32. The van der Waals surface area contributed by atoms with E-state index < -0.39 is 0 Å². The molecule has 2 aromatic rings. The van der Waals surface area contributed by atoms with E-state index in [0.717, 1.165) is 24.2 Å². The first-order chi connectivity index (χ1) is 12.3. The van der Waals surface area contributed by atoms with Crippen molar-refractivity contribution in [2.75, 3.05) is 13.1 Å². The first-order valence-electron chi connectivity index (χ1n) is 9.09. The second kappa shape index (κ2) is 7.27. The van der Waals surface area contributed by atoms with Crippen LogP contribution in [0.3, 0.4) is 0 Å². The number of hydrogen-bond acceptors (Lipinski definition) is 4. The number of carbonyl (C=O) groups excluding carboxylic acids is 1. The fraction of sp³-hybridized carbons (Fsp3) is 0.474. The SMILES string of the molecule is O=C(NCc1cc(-c2ccccc2)no1)N[C@@H]1CCN2CCCC[C@H]12. The molecule has 2 amide bonds. The summed E-state index contributed by atoms with van der Waals surface area (Å²) in [7, 11) is 0. The van der Waals surface area contributed by atoms with Gasteiger partial charge in [0.25, 0.3) is 0 Å². The number of piperidine rings is 1. The van der Waals surface area contributed by atoms with Gasteiger partial charge in [-0.05, 0) is 25.8 Å². The molecular weight excluding hydrogens is 316 g/mol. The molecule has 132 valence electrons.